The fourth-order valence-corrected chi connectivity index (χ4v) is 2.84. The van der Waals surface area contributed by atoms with Crippen molar-refractivity contribution in [2.24, 2.45) is 0 Å². The monoisotopic (exact) mass is 377 g/mol. The summed E-state index contributed by atoms with van der Waals surface area (Å²) in [4.78, 5) is 12.3. The van der Waals surface area contributed by atoms with Gasteiger partial charge in [-0.25, -0.2) is 0 Å². The van der Waals surface area contributed by atoms with Gasteiger partial charge in [0, 0.05) is 16.8 Å². The summed E-state index contributed by atoms with van der Waals surface area (Å²) in [7, 11) is 0. The number of ether oxygens (including phenoxy) is 2. The van der Waals surface area contributed by atoms with Gasteiger partial charge in [0.2, 0.25) is 0 Å². The minimum Gasteiger partial charge on any atom is -0.490 e. The Hall–Kier alpha value is -2.96. The highest BCUT2D eigenvalue weighted by Crippen LogP contribution is 2.39. The topological polar surface area (TPSA) is 47.6 Å². The largest absolute Gasteiger partial charge is 0.490 e. The Morgan fingerprint density at radius 3 is 2.37 bits per heavy atom. The highest BCUT2D eigenvalue weighted by atomic mass is 19.4. The van der Waals surface area contributed by atoms with Crippen molar-refractivity contribution in [3.8, 4) is 11.5 Å². The van der Waals surface area contributed by atoms with E-state index in [1.54, 1.807) is 24.3 Å². The maximum atomic E-state index is 12.9. The normalized spacial score (nSPS) is 14.9. The molecule has 0 saturated heterocycles. The molecule has 0 unspecified atom stereocenters. The van der Waals surface area contributed by atoms with Gasteiger partial charge in [0.1, 0.15) is 0 Å². The van der Waals surface area contributed by atoms with Gasteiger partial charge in [-0.2, -0.15) is 13.2 Å². The van der Waals surface area contributed by atoms with Gasteiger partial charge in [0.25, 0.3) is 5.91 Å². The van der Waals surface area contributed by atoms with Crippen LogP contribution in [0.2, 0.25) is 0 Å². The maximum absolute atomic E-state index is 12.9. The molecular formula is C20H18F3NO3. The number of halogens is 3. The summed E-state index contributed by atoms with van der Waals surface area (Å²) in [5, 5.41) is 2.49. The molecule has 1 aliphatic heterocycles. The van der Waals surface area contributed by atoms with Crippen molar-refractivity contribution in [2.75, 3.05) is 18.5 Å². The Labute approximate surface area is 154 Å². The third-order valence-corrected chi connectivity index (χ3v) is 4.01. The summed E-state index contributed by atoms with van der Waals surface area (Å²) in [5.41, 5.74) is 0.754. The van der Waals surface area contributed by atoms with Crippen LogP contribution in [0.15, 0.2) is 36.4 Å². The third kappa shape index (κ3) is 3.92. The molecule has 1 amide bonds. The van der Waals surface area contributed by atoms with Crippen molar-refractivity contribution in [3.05, 3.63) is 53.1 Å². The van der Waals surface area contributed by atoms with Crippen LogP contribution in [0.1, 0.15) is 30.5 Å². The highest BCUT2D eigenvalue weighted by molar-refractivity contribution is 6.34. The lowest BCUT2D eigenvalue weighted by atomic mass is 10.0. The number of amides is 1. The Morgan fingerprint density at radius 2 is 1.70 bits per heavy atom. The molecule has 1 aliphatic rings. The molecule has 0 aliphatic carbocycles. The molecule has 4 nitrogen and oxygen atoms in total. The predicted octanol–water partition coefficient (Wildman–Crippen LogP) is 5.00. The fraction of sp³-hybridized carbons (Fsp3) is 0.250. The van der Waals surface area contributed by atoms with Gasteiger partial charge in [-0.15, -0.1) is 0 Å². The molecule has 0 radical (unpaired) electrons. The first-order chi connectivity index (χ1) is 12.8. The number of anilines is 1. The van der Waals surface area contributed by atoms with Crippen LogP contribution < -0.4 is 14.8 Å². The molecule has 7 heteroatoms. The molecule has 1 heterocycles. The predicted molar refractivity (Wildman–Crippen MR) is 96.7 cm³/mol. The molecule has 0 atom stereocenters. The van der Waals surface area contributed by atoms with Gasteiger partial charge in [0.05, 0.1) is 18.8 Å². The van der Waals surface area contributed by atoms with E-state index in [9.17, 15) is 18.0 Å². The lowest BCUT2D eigenvalue weighted by Crippen LogP contribution is -2.06. The Bertz CT molecular complexity index is 904. The van der Waals surface area contributed by atoms with Crippen LogP contribution in [-0.2, 0) is 11.0 Å². The van der Waals surface area contributed by atoms with E-state index in [0.29, 0.717) is 41.4 Å². The van der Waals surface area contributed by atoms with Crippen molar-refractivity contribution < 1.29 is 27.4 Å². The summed E-state index contributed by atoms with van der Waals surface area (Å²) >= 11 is 0. The fourth-order valence-electron chi connectivity index (χ4n) is 2.84. The van der Waals surface area contributed by atoms with Gasteiger partial charge in [-0.1, -0.05) is 12.1 Å². The number of alkyl halides is 3. The van der Waals surface area contributed by atoms with Crippen LogP contribution in [0.25, 0.3) is 11.6 Å². The number of rotatable bonds is 5. The van der Waals surface area contributed by atoms with Gasteiger partial charge in [-0.05, 0) is 49.8 Å². The lowest BCUT2D eigenvalue weighted by molar-refractivity contribution is -0.137. The third-order valence-electron chi connectivity index (χ3n) is 4.01. The number of benzene rings is 2. The van der Waals surface area contributed by atoms with E-state index in [1.165, 1.54) is 6.07 Å². The van der Waals surface area contributed by atoms with E-state index >= 15 is 0 Å². The molecule has 0 spiro atoms. The van der Waals surface area contributed by atoms with Crippen LogP contribution in [0.4, 0.5) is 18.9 Å². The quantitative estimate of drug-likeness (QED) is 0.747. The molecule has 27 heavy (non-hydrogen) atoms. The molecule has 0 fully saturated rings. The smallest absolute Gasteiger partial charge is 0.416 e. The van der Waals surface area contributed by atoms with E-state index in [4.69, 9.17) is 9.47 Å². The first-order valence-electron chi connectivity index (χ1n) is 8.47. The van der Waals surface area contributed by atoms with E-state index in [2.05, 4.69) is 5.32 Å². The SMILES string of the molecule is CCOc1ccc(/C=C2/C(=O)Nc3cc(C(F)(F)F)ccc32)cc1OCC. The minimum absolute atomic E-state index is 0.150. The second-order valence-electron chi connectivity index (χ2n) is 5.84. The second kappa shape index (κ2) is 7.34. The summed E-state index contributed by atoms with van der Waals surface area (Å²) in [6, 6.07) is 8.45. The standard InChI is InChI=1S/C20H18F3NO3/c1-3-26-17-8-5-12(10-18(17)27-4-2)9-15-14-7-6-13(20(21,22)23)11-16(14)24-19(15)25/h5-11H,3-4H2,1-2H3,(H,24,25)/b15-9+. The number of fused-ring (bicyclic) bond motifs is 1. The van der Waals surface area contributed by atoms with Gasteiger partial charge < -0.3 is 14.8 Å². The number of hydrogen-bond acceptors (Lipinski definition) is 3. The van der Waals surface area contributed by atoms with Crippen molar-refractivity contribution in [1.29, 1.82) is 0 Å². The number of carbonyl (C=O) groups is 1. The Kier molecular flexibility index (Phi) is 5.12. The molecule has 0 aromatic heterocycles. The zero-order chi connectivity index (χ0) is 19.6. The molecule has 1 N–H and O–H groups in total. The van der Waals surface area contributed by atoms with Gasteiger partial charge >= 0.3 is 6.18 Å². The molecule has 0 saturated carbocycles. The summed E-state index contributed by atoms with van der Waals surface area (Å²) < 4.78 is 49.7. The highest BCUT2D eigenvalue weighted by Gasteiger charge is 2.33. The first kappa shape index (κ1) is 18.8. The number of hydrogen-bond donors (Lipinski definition) is 1. The Balaban J connectivity index is 1.99. The van der Waals surface area contributed by atoms with Crippen LogP contribution in [-0.4, -0.2) is 19.1 Å². The molecule has 3 rings (SSSR count). The zero-order valence-corrected chi connectivity index (χ0v) is 14.8. The average Bonchev–Trinajstić information content (AvgIpc) is 2.91. The molecule has 2 aromatic carbocycles. The second-order valence-corrected chi connectivity index (χ2v) is 5.84. The van der Waals surface area contributed by atoms with Crippen molar-refractivity contribution >= 4 is 23.2 Å². The van der Waals surface area contributed by atoms with E-state index in [1.807, 2.05) is 13.8 Å². The van der Waals surface area contributed by atoms with Crippen LogP contribution in [0.5, 0.6) is 11.5 Å². The van der Waals surface area contributed by atoms with Gasteiger partial charge in [-0.3, -0.25) is 4.79 Å². The number of carbonyl (C=O) groups excluding carboxylic acids is 1. The first-order valence-corrected chi connectivity index (χ1v) is 8.47. The molecule has 2 aromatic rings. The molecule has 142 valence electrons. The zero-order valence-electron chi connectivity index (χ0n) is 14.8. The minimum atomic E-state index is -4.46. The van der Waals surface area contributed by atoms with Crippen LogP contribution in [0.3, 0.4) is 0 Å². The van der Waals surface area contributed by atoms with E-state index in [0.717, 1.165) is 12.1 Å². The van der Waals surface area contributed by atoms with Crippen molar-refractivity contribution in [2.45, 2.75) is 20.0 Å². The van der Waals surface area contributed by atoms with Gasteiger partial charge in [0.15, 0.2) is 11.5 Å². The lowest BCUT2D eigenvalue weighted by Gasteiger charge is -2.11. The van der Waals surface area contributed by atoms with Crippen molar-refractivity contribution in [1.82, 2.24) is 0 Å². The van der Waals surface area contributed by atoms with E-state index < -0.39 is 17.6 Å². The van der Waals surface area contributed by atoms with Crippen LogP contribution >= 0.6 is 0 Å². The number of nitrogens with one attached hydrogen (secondary N) is 1. The summed E-state index contributed by atoms with van der Waals surface area (Å²) in [6.07, 6.45) is -2.85. The summed E-state index contributed by atoms with van der Waals surface area (Å²) in [6.45, 7) is 4.64. The van der Waals surface area contributed by atoms with Crippen molar-refractivity contribution in [3.63, 3.8) is 0 Å². The average molecular weight is 377 g/mol. The summed E-state index contributed by atoms with van der Waals surface area (Å²) in [5.74, 6) is 0.684. The molecular weight excluding hydrogens is 359 g/mol. The Morgan fingerprint density at radius 1 is 1.00 bits per heavy atom. The maximum Gasteiger partial charge on any atom is 0.416 e. The van der Waals surface area contributed by atoms with E-state index in [-0.39, 0.29) is 5.69 Å². The van der Waals surface area contributed by atoms with Crippen LogP contribution in [0, 0.1) is 0 Å². The molecule has 0 bridgehead atoms.